The molecule has 154 valence electrons. The molecule has 3 aromatic rings. The van der Waals surface area contributed by atoms with E-state index in [1.165, 1.54) is 10.9 Å². The molecule has 0 saturated carbocycles. The second-order valence-electron chi connectivity index (χ2n) is 6.78. The van der Waals surface area contributed by atoms with Crippen LogP contribution in [0.4, 0.5) is 10.5 Å². The maximum Gasteiger partial charge on any atom is 0.321 e. The van der Waals surface area contributed by atoms with E-state index in [1.54, 1.807) is 17.0 Å². The second kappa shape index (κ2) is 9.17. The van der Waals surface area contributed by atoms with Crippen molar-refractivity contribution >= 4 is 34.5 Å². The van der Waals surface area contributed by atoms with E-state index in [-0.39, 0.29) is 11.8 Å². The molecule has 1 heterocycles. The summed E-state index contributed by atoms with van der Waals surface area (Å²) in [5.74, 6) is -0.00291. The molecule has 0 radical (unpaired) electrons. The number of aromatic nitrogens is 3. The van der Waals surface area contributed by atoms with Gasteiger partial charge in [0.1, 0.15) is 22.5 Å². The summed E-state index contributed by atoms with van der Waals surface area (Å²) in [6.07, 6.45) is 1.10. The zero-order chi connectivity index (χ0) is 21.0. The van der Waals surface area contributed by atoms with Gasteiger partial charge in [-0.15, -0.1) is 26.8 Å². The van der Waals surface area contributed by atoms with Crippen LogP contribution in [0.5, 0.6) is 5.75 Å². The van der Waals surface area contributed by atoms with E-state index in [9.17, 15) is 9.90 Å². The number of hydrogen-bond acceptors (Lipinski definition) is 5. The van der Waals surface area contributed by atoms with Crippen molar-refractivity contribution in [1.82, 2.24) is 19.9 Å². The number of hydrogen-bond donors (Lipinski definition) is 2. The summed E-state index contributed by atoms with van der Waals surface area (Å²) in [6.45, 7) is 9.45. The molecule has 7 nitrogen and oxygen atoms in total. The Hall–Kier alpha value is -2.74. The minimum atomic E-state index is -0.198. The zero-order valence-corrected chi connectivity index (χ0v) is 18.0. The third-order valence-corrected chi connectivity index (χ3v) is 6.02. The highest BCUT2D eigenvalue weighted by Gasteiger charge is 2.13. The molecular weight excluding hydrogens is 386 g/mol. The van der Waals surface area contributed by atoms with E-state index in [0.717, 1.165) is 22.3 Å². The van der Waals surface area contributed by atoms with E-state index in [1.807, 2.05) is 43.8 Å². The van der Waals surface area contributed by atoms with Crippen LogP contribution >= 0.6 is 11.8 Å². The lowest BCUT2D eigenvalue weighted by atomic mass is 10.2. The Bertz CT molecular complexity index is 1000. The molecule has 0 fully saturated rings. The Balaban J connectivity index is 1.83. The largest absolute Gasteiger partial charge is 0.506 e. The number of phenolic OH excluding ortho intramolecular Hbond substituents is 1. The number of amides is 2. The molecule has 2 aromatic carbocycles. The number of nitrogens with one attached hydrogen (secondary N) is 1. The number of rotatable bonds is 7. The lowest BCUT2D eigenvalue weighted by molar-refractivity contribution is 0.217. The minimum Gasteiger partial charge on any atom is -0.506 e. The average Bonchev–Trinajstić information content (AvgIpc) is 3.11. The Morgan fingerprint density at radius 2 is 1.86 bits per heavy atom. The molecule has 2 amide bonds. The van der Waals surface area contributed by atoms with E-state index in [4.69, 9.17) is 0 Å². The highest BCUT2D eigenvalue weighted by atomic mass is 32.2. The number of aromatic hydroxyl groups is 1. The van der Waals surface area contributed by atoms with Gasteiger partial charge >= 0.3 is 6.03 Å². The van der Waals surface area contributed by atoms with Crippen LogP contribution in [0.2, 0.25) is 0 Å². The lowest BCUT2D eigenvalue weighted by Gasteiger charge is -2.19. The van der Waals surface area contributed by atoms with Gasteiger partial charge in [-0.25, -0.2) is 4.79 Å². The zero-order valence-electron chi connectivity index (χ0n) is 17.2. The van der Waals surface area contributed by atoms with Crippen molar-refractivity contribution < 1.29 is 9.90 Å². The van der Waals surface area contributed by atoms with E-state index in [0.29, 0.717) is 29.7 Å². The van der Waals surface area contributed by atoms with Crippen molar-refractivity contribution in [2.24, 2.45) is 0 Å². The average molecular weight is 414 g/mol. The van der Waals surface area contributed by atoms with Crippen LogP contribution in [-0.4, -0.2) is 49.4 Å². The van der Waals surface area contributed by atoms with Gasteiger partial charge in [0.05, 0.1) is 0 Å². The van der Waals surface area contributed by atoms with Crippen molar-refractivity contribution in [2.75, 3.05) is 18.4 Å². The van der Waals surface area contributed by atoms with Gasteiger partial charge in [-0.05, 0) is 50.6 Å². The third-order valence-electron chi connectivity index (χ3n) is 4.76. The third kappa shape index (κ3) is 4.82. The molecule has 1 atom stereocenters. The number of thioether (sulfide) groups is 1. The highest BCUT2D eigenvalue weighted by molar-refractivity contribution is 7.99. The fourth-order valence-electron chi connectivity index (χ4n) is 2.87. The maximum absolute atomic E-state index is 12.2. The monoisotopic (exact) mass is 413 g/mol. The van der Waals surface area contributed by atoms with Gasteiger partial charge in [-0.3, -0.25) is 0 Å². The van der Waals surface area contributed by atoms with Crippen molar-refractivity contribution in [2.45, 2.75) is 44.3 Å². The summed E-state index contributed by atoms with van der Waals surface area (Å²) >= 11 is 1.81. The summed E-state index contributed by atoms with van der Waals surface area (Å²) in [5.41, 5.74) is 2.51. The standard InChI is InChI=1S/C21H27N5O2S/c1-5-14(4)29-16-9-10-17-18(13-16)24-26(23-17)19-11-8-15(12-20(19)27)22-21(28)25(6-2)7-3/h8-14,27H,5-7H2,1-4H3,(H,22,28). The Labute approximate surface area is 175 Å². The van der Waals surface area contributed by atoms with Crippen molar-refractivity contribution in [3.8, 4) is 11.4 Å². The predicted octanol–water partition coefficient (Wildman–Crippen LogP) is 4.89. The fraction of sp³-hybridized carbons (Fsp3) is 0.381. The number of carbonyl (C=O) groups excluding carboxylic acids is 1. The summed E-state index contributed by atoms with van der Waals surface area (Å²) in [5, 5.41) is 22.8. The fourth-order valence-corrected chi connectivity index (χ4v) is 3.83. The quantitative estimate of drug-likeness (QED) is 0.539. The number of carbonyl (C=O) groups is 1. The highest BCUT2D eigenvalue weighted by Crippen LogP contribution is 2.29. The first kappa shape index (κ1) is 21.0. The Morgan fingerprint density at radius 3 is 2.52 bits per heavy atom. The molecule has 3 rings (SSSR count). The predicted molar refractivity (Wildman–Crippen MR) is 118 cm³/mol. The van der Waals surface area contributed by atoms with E-state index >= 15 is 0 Å². The summed E-state index contributed by atoms with van der Waals surface area (Å²) < 4.78 is 0. The number of fused-ring (bicyclic) bond motifs is 1. The van der Waals surface area contributed by atoms with Crippen LogP contribution in [-0.2, 0) is 0 Å². The Kier molecular flexibility index (Phi) is 6.64. The molecule has 0 aliphatic carbocycles. The van der Waals surface area contributed by atoms with Crippen LogP contribution in [0.1, 0.15) is 34.1 Å². The minimum absolute atomic E-state index is 0.00291. The molecular formula is C21H27N5O2S. The van der Waals surface area contributed by atoms with Gasteiger partial charge in [0.15, 0.2) is 0 Å². The van der Waals surface area contributed by atoms with Gasteiger partial charge in [0, 0.05) is 35.0 Å². The van der Waals surface area contributed by atoms with Crippen LogP contribution in [0.25, 0.3) is 16.7 Å². The SMILES string of the molecule is CCC(C)Sc1ccc2nn(-c3ccc(NC(=O)N(CC)CC)cc3O)nc2c1. The van der Waals surface area contributed by atoms with E-state index < -0.39 is 0 Å². The first-order chi connectivity index (χ1) is 13.9. The maximum atomic E-state index is 12.2. The van der Waals surface area contributed by atoms with Crippen LogP contribution in [0.15, 0.2) is 41.3 Å². The topological polar surface area (TPSA) is 83.3 Å². The molecule has 0 saturated heterocycles. The van der Waals surface area contributed by atoms with Crippen molar-refractivity contribution in [1.29, 1.82) is 0 Å². The molecule has 2 N–H and O–H groups in total. The lowest BCUT2D eigenvalue weighted by Crippen LogP contribution is -2.34. The molecule has 8 heteroatoms. The normalized spacial score (nSPS) is 12.1. The van der Waals surface area contributed by atoms with Gasteiger partial charge in [0.2, 0.25) is 0 Å². The van der Waals surface area contributed by atoms with Crippen molar-refractivity contribution in [3.63, 3.8) is 0 Å². The number of phenols is 1. The first-order valence-electron chi connectivity index (χ1n) is 9.88. The van der Waals surface area contributed by atoms with E-state index in [2.05, 4.69) is 29.4 Å². The molecule has 0 aliphatic rings. The first-order valence-corrected chi connectivity index (χ1v) is 10.8. The number of nitrogens with zero attached hydrogens (tertiary/aromatic N) is 4. The second-order valence-corrected chi connectivity index (χ2v) is 8.29. The number of benzene rings is 2. The molecule has 0 spiro atoms. The summed E-state index contributed by atoms with van der Waals surface area (Å²) in [4.78, 5) is 16.4. The van der Waals surface area contributed by atoms with Crippen LogP contribution < -0.4 is 5.32 Å². The molecule has 1 unspecified atom stereocenters. The number of anilines is 1. The van der Waals surface area contributed by atoms with Gasteiger partial charge < -0.3 is 15.3 Å². The van der Waals surface area contributed by atoms with Gasteiger partial charge in [0.25, 0.3) is 0 Å². The van der Waals surface area contributed by atoms with Gasteiger partial charge in [-0.1, -0.05) is 13.8 Å². The van der Waals surface area contributed by atoms with Crippen LogP contribution in [0.3, 0.4) is 0 Å². The summed E-state index contributed by atoms with van der Waals surface area (Å²) in [6, 6.07) is 10.7. The summed E-state index contributed by atoms with van der Waals surface area (Å²) in [7, 11) is 0. The van der Waals surface area contributed by atoms with Crippen LogP contribution in [0, 0.1) is 0 Å². The molecule has 0 bridgehead atoms. The Morgan fingerprint density at radius 1 is 1.14 bits per heavy atom. The molecule has 1 aromatic heterocycles. The molecule has 29 heavy (non-hydrogen) atoms. The number of urea groups is 1. The molecule has 0 aliphatic heterocycles. The van der Waals surface area contributed by atoms with Gasteiger partial charge in [-0.2, -0.15) is 0 Å². The van der Waals surface area contributed by atoms with Crippen molar-refractivity contribution in [3.05, 3.63) is 36.4 Å². The smallest absolute Gasteiger partial charge is 0.321 e.